The minimum Gasteiger partial charge on any atom is -0.369 e. The molecule has 1 saturated heterocycles. The maximum atomic E-state index is 12.6. The highest BCUT2D eigenvalue weighted by molar-refractivity contribution is 14.0. The molecule has 2 aliphatic rings. The molecule has 0 spiro atoms. The van der Waals surface area contributed by atoms with Crippen LogP contribution in [0, 0.1) is 6.92 Å². The van der Waals surface area contributed by atoms with Crippen molar-refractivity contribution in [3.05, 3.63) is 65.2 Å². The molecule has 0 bridgehead atoms. The lowest BCUT2D eigenvalue weighted by Crippen LogP contribution is -2.51. The highest BCUT2D eigenvalue weighted by atomic mass is 127. The Kier molecular flexibility index (Phi) is 9.41. The second kappa shape index (κ2) is 12.3. The molecule has 1 fully saturated rings. The van der Waals surface area contributed by atoms with Crippen molar-refractivity contribution in [2.45, 2.75) is 51.7 Å². The maximum Gasteiger partial charge on any atom is 0.223 e. The summed E-state index contributed by atoms with van der Waals surface area (Å²) in [5.74, 6) is 1.05. The fourth-order valence-electron chi connectivity index (χ4n) is 4.59. The summed E-state index contributed by atoms with van der Waals surface area (Å²) in [6, 6.07) is 17.5. The molecular weight excluding hydrogens is 525 g/mol. The predicted molar refractivity (Wildman–Crippen MR) is 146 cm³/mol. The standard InChI is InChI=1S/C26H35N5O.HI/c1-20-11-13-24(14-12-20)30-16-6-9-23(19-30)29-26(27-2)28-15-5-10-25(32)31-17-21-7-3-4-8-22(21)18-31;/h3-4,7-8,11-14,23H,5-6,9-10,15-19H2,1-2H3,(H2,27,28,29);1H. The lowest BCUT2D eigenvalue weighted by Gasteiger charge is -2.35. The summed E-state index contributed by atoms with van der Waals surface area (Å²) < 4.78 is 0. The van der Waals surface area contributed by atoms with Crippen LogP contribution in [0.15, 0.2) is 53.5 Å². The molecule has 1 amide bonds. The van der Waals surface area contributed by atoms with Gasteiger partial charge in [-0.1, -0.05) is 42.0 Å². The van der Waals surface area contributed by atoms with Crippen LogP contribution in [-0.2, 0) is 17.9 Å². The Balaban J connectivity index is 0.00000306. The summed E-state index contributed by atoms with van der Waals surface area (Å²) in [5, 5.41) is 6.97. The molecule has 2 aromatic carbocycles. The van der Waals surface area contributed by atoms with Gasteiger partial charge in [-0.2, -0.15) is 0 Å². The molecule has 1 unspecified atom stereocenters. The number of amides is 1. The molecule has 0 aromatic heterocycles. The van der Waals surface area contributed by atoms with Gasteiger partial charge in [-0.25, -0.2) is 0 Å². The summed E-state index contributed by atoms with van der Waals surface area (Å²) in [6.07, 6.45) is 3.65. The predicted octanol–water partition coefficient (Wildman–Crippen LogP) is 4.07. The average molecular weight is 562 g/mol. The molecular formula is C26H36IN5O. The van der Waals surface area contributed by atoms with Gasteiger partial charge in [0.05, 0.1) is 0 Å². The molecule has 2 aromatic rings. The molecule has 2 N–H and O–H groups in total. The molecule has 7 heteroatoms. The smallest absolute Gasteiger partial charge is 0.223 e. The zero-order valence-corrected chi connectivity index (χ0v) is 22.0. The first-order chi connectivity index (χ1) is 15.6. The van der Waals surface area contributed by atoms with Gasteiger partial charge in [0.15, 0.2) is 5.96 Å². The highest BCUT2D eigenvalue weighted by Gasteiger charge is 2.23. The van der Waals surface area contributed by atoms with Crippen LogP contribution >= 0.6 is 24.0 Å². The third-order valence-corrected chi connectivity index (χ3v) is 6.44. The van der Waals surface area contributed by atoms with Gasteiger partial charge in [-0.05, 0) is 49.4 Å². The van der Waals surface area contributed by atoms with Gasteiger partial charge in [-0.15, -0.1) is 24.0 Å². The van der Waals surface area contributed by atoms with Gasteiger partial charge >= 0.3 is 0 Å². The molecule has 178 valence electrons. The largest absolute Gasteiger partial charge is 0.369 e. The Morgan fingerprint density at radius 2 is 1.79 bits per heavy atom. The van der Waals surface area contributed by atoms with Crippen LogP contribution in [0.25, 0.3) is 0 Å². The Labute approximate surface area is 214 Å². The molecule has 1 atom stereocenters. The van der Waals surface area contributed by atoms with E-state index in [4.69, 9.17) is 0 Å². The van der Waals surface area contributed by atoms with Crippen molar-refractivity contribution in [1.29, 1.82) is 0 Å². The zero-order valence-electron chi connectivity index (χ0n) is 19.7. The third kappa shape index (κ3) is 6.85. The molecule has 4 rings (SSSR count). The number of fused-ring (bicyclic) bond motifs is 1. The number of halogens is 1. The Bertz CT molecular complexity index is 921. The fourth-order valence-corrected chi connectivity index (χ4v) is 4.59. The fraction of sp³-hybridized carbons (Fsp3) is 0.462. The summed E-state index contributed by atoms with van der Waals surface area (Å²) in [6.45, 7) is 6.40. The summed E-state index contributed by atoms with van der Waals surface area (Å²) in [4.78, 5) is 21.4. The third-order valence-electron chi connectivity index (χ3n) is 6.44. The van der Waals surface area contributed by atoms with Crippen LogP contribution in [0.1, 0.15) is 42.4 Å². The lowest BCUT2D eigenvalue weighted by atomic mass is 10.0. The lowest BCUT2D eigenvalue weighted by molar-refractivity contribution is -0.131. The van der Waals surface area contributed by atoms with Crippen molar-refractivity contribution in [1.82, 2.24) is 15.5 Å². The minimum absolute atomic E-state index is 0. The molecule has 0 aliphatic carbocycles. The molecule has 33 heavy (non-hydrogen) atoms. The number of guanidine groups is 1. The first-order valence-corrected chi connectivity index (χ1v) is 11.8. The molecule has 2 heterocycles. The molecule has 2 aliphatic heterocycles. The van der Waals surface area contributed by atoms with E-state index in [0.29, 0.717) is 12.5 Å². The van der Waals surface area contributed by atoms with E-state index in [9.17, 15) is 4.79 Å². The van der Waals surface area contributed by atoms with E-state index in [0.717, 1.165) is 57.9 Å². The Morgan fingerprint density at radius 3 is 2.45 bits per heavy atom. The van der Waals surface area contributed by atoms with Gasteiger partial charge < -0.3 is 20.4 Å². The number of hydrogen-bond acceptors (Lipinski definition) is 3. The molecule has 6 nitrogen and oxygen atoms in total. The van der Waals surface area contributed by atoms with E-state index in [2.05, 4.69) is 63.8 Å². The van der Waals surface area contributed by atoms with Crippen molar-refractivity contribution < 1.29 is 4.79 Å². The van der Waals surface area contributed by atoms with Crippen molar-refractivity contribution in [2.75, 3.05) is 31.6 Å². The second-order valence-electron chi connectivity index (χ2n) is 8.89. The molecule has 0 saturated carbocycles. The van der Waals surface area contributed by atoms with E-state index in [1.54, 1.807) is 0 Å². The number of benzene rings is 2. The number of aliphatic imine (C=N–C) groups is 1. The van der Waals surface area contributed by atoms with Gasteiger partial charge in [-0.3, -0.25) is 9.79 Å². The number of piperidine rings is 1. The van der Waals surface area contributed by atoms with Crippen molar-refractivity contribution in [3.8, 4) is 0 Å². The summed E-state index contributed by atoms with van der Waals surface area (Å²) >= 11 is 0. The minimum atomic E-state index is 0. The van der Waals surface area contributed by atoms with Gasteiger partial charge in [0.1, 0.15) is 0 Å². The number of anilines is 1. The van der Waals surface area contributed by atoms with Crippen LogP contribution in [-0.4, -0.2) is 49.5 Å². The summed E-state index contributed by atoms with van der Waals surface area (Å²) in [5.41, 5.74) is 5.12. The van der Waals surface area contributed by atoms with Crippen molar-refractivity contribution >= 4 is 41.5 Å². The number of aryl methyl sites for hydroxylation is 1. The Morgan fingerprint density at radius 1 is 1.09 bits per heavy atom. The average Bonchev–Trinajstić information content (AvgIpc) is 3.26. The normalized spacial score (nSPS) is 17.9. The van der Waals surface area contributed by atoms with Crippen LogP contribution in [0.3, 0.4) is 0 Å². The quantitative estimate of drug-likeness (QED) is 0.242. The zero-order chi connectivity index (χ0) is 22.3. The first-order valence-electron chi connectivity index (χ1n) is 11.8. The van der Waals surface area contributed by atoms with Crippen LogP contribution in [0.5, 0.6) is 0 Å². The van der Waals surface area contributed by atoms with E-state index in [-0.39, 0.29) is 29.9 Å². The second-order valence-corrected chi connectivity index (χ2v) is 8.89. The number of nitrogens with one attached hydrogen (secondary N) is 2. The number of nitrogens with zero attached hydrogens (tertiary/aromatic N) is 3. The molecule has 0 radical (unpaired) electrons. The maximum absolute atomic E-state index is 12.6. The summed E-state index contributed by atoms with van der Waals surface area (Å²) in [7, 11) is 1.81. The van der Waals surface area contributed by atoms with E-state index in [1.165, 1.54) is 22.4 Å². The van der Waals surface area contributed by atoms with Crippen LogP contribution in [0.4, 0.5) is 5.69 Å². The van der Waals surface area contributed by atoms with Crippen molar-refractivity contribution in [2.24, 2.45) is 4.99 Å². The SMILES string of the molecule is CN=C(NCCCC(=O)N1Cc2ccccc2C1)NC1CCCN(c2ccc(C)cc2)C1.I. The van der Waals surface area contributed by atoms with Crippen LogP contribution in [0.2, 0.25) is 0 Å². The van der Waals surface area contributed by atoms with Gasteiger partial charge in [0.2, 0.25) is 5.91 Å². The van der Waals surface area contributed by atoms with Crippen LogP contribution < -0.4 is 15.5 Å². The Hall–Kier alpha value is -2.29. The van der Waals surface area contributed by atoms with E-state index >= 15 is 0 Å². The van der Waals surface area contributed by atoms with Crippen molar-refractivity contribution in [3.63, 3.8) is 0 Å². The van der Waals surface area contributed by atoms with E-state index in [1.807, 2.05) is 24.1 Å². The van der Waals surface area contributed by atoms with E-state index < -0.39 is 0 Å². The first kappa shape index (κ1) is 25.3. The number of carbonyl (C=O) groups excluding carboxylic acids is 1. The monoisotopic (exact) mass is 561 g/mol. The number of rotatable bonds is 6. The van der Waals surface area contributed by atoms with Gasteiger partial charge in [0, 0.05) is 57.9 Å². The topological polar surface area (TPSA) is 60.0 Å². The highest BCUT2D eigenvalue weighted by Crippen LogP contribution is 2.23. The van der Waals surface area contributed by atoms with Gasteiger partial charge in [0.25, 0.3) is 0 Å². The number of hydrogen-bond donors (Lipinski definition) is 2. The number of carbonyl (C=O) groups is 1.